The summed E-state index contributed by atoms with van der Waals surface area (Å²) in [5, 5.41) is 13.8. The van der Waals surface area contributed by atoms with Crippen LogP contribution in [0.2, 0.25) is 0 Å². The monoisotopic (exact) mass is 346 g/mol. The number of tetrazole rings is 1. The molecule has 3 N–H and O–H groups in total. The summed E-state index contributed by atoms with van der Waals surface area (Å²) in [6, 6.07) is 8.23. The van der Waals surface area contributed by atoms with Crippen LogP contribution in [-0.4, -0.2) is 45.1 Å². The van der Waals surface area contributed by atoms with Gasteiger partial charge in [0, 0.05) is 5.56 Å². The van der Waals surface area contributed by atoms with E-state index in [0.29, 0.717) is 5.82 Å². The molecule has 1 heterocycles. The lowest BCUT2D eigenvalue weighted by Gasteiger charge is -2.16. The minimum absolute atomic E-state index is 0. The smallest absolute Gasteiger partial charge is 0.277 e. The van der Waals surface area contributed by atoms with Crippen molar-refractivity contribution in [1.29, 1.82) is 0 Å². The van der Waals surface area contributed by atoms with Crippen LogP contribution in [-0.2, 0) is 4.79 Å². The van der Waals surface area contributed by atoms with Crippen LogP contribution in [0.15, 0.2) is 30.3 Å². The van der Waals surface area contributed by atoms with E-state index < -0.39 is 31.0 Å². The Morgan fingerprint density at radius 1 is 1.39 bits per heavy atom. The van der Waals surface area contributed by atoms with Crippen molar-refractivity contribution in [2.45, 2.75) is 18.9 Å². The van der Waals surface area contributed by atoms with Crippen molar-refractivity contribution < 1.29 is 13.6 Å². The third kappa shape index (κ3) is 4.93. The normalized spacial score (nSPS) is 12.3. The lowest BCUT2D eigenvalue weighted by molar-refractivity contribution is -0.126. The highest BCUT2D eigenvalue weighted by Crippen LogP contribution is 2.14. The number of carbonyl (C=O) groups is 1. The molecule has 1 unspecified atom stereocenters. The van der Waals surface area contributed by atoms with E-state index in [-0.39, 0.29) is 12.4 Å². The first-order chi connectivity index (χ1) is 10.4. The lowest BCUT2D eigenvalue weighted by Crippen LogP contribution is -2.43. The average molecular weight is 347 g/mol. The third-order valence-corrected chi connectivity index (χ3v) is 3.01. The summed E-state index contributed by atoms with van der Waals surface area (Å²) in [6.45, 7) is -0.166. The highest BCUT2D eigenvalue weighted by Gasteiger charge is 2.29. The lowest BCUT2D eigenvalue weighted by atomic mass is 10.2. The van der Waals surface area contributed by atoms with Crippen molar-refractivity contribution in [3.63, 3.8) is 0 Å². The van der Waals surface area contributed by atoms with E-state index in [2.05, 4.69) is 20.7 Å². The fourth-order valence-corrected chi connectivity index (χ4v) is 1.63. The zero-order valence-corrected chi connectivity index (χ0v) is 13.1. The average Bonchev–Trinajstić information content (AvgIpc) is 3.03. The largest absolute Gasteiger partial charge is 0.348 e. The summed E-state index contributed by atoms with van der Waals surface area (Å²) < 4.78 is 26.0. The molecule has 126 valence electrons. The van der Waals surface area contributed by atoms with Gasteiger partial charge in [-0.05, 0) is 12.1 Å². The molecule has 0 radical (unpaired) electrons. The summed E-state index contributed by atoms with van der Waals surface area (Å²) >= 11 is 0. The van der Waals surface area contributed by atoms with Crippen molar-refractivity contribution in [2.24, 2.45) is 5.73 Å². The van der Waals surface area contributed by atoms with E-state index in [1.807, 2.05) is 18.2 Å². The van der Waals surface area contributed by atoms with Gasteiger partial charge < -0.3 is 11.1 Å². The number of aromatic nitrogens is 4. The Labute approximate surface area is 137 Å². The Bertz CT molecular complexity index is 636. The quantitative estimate of drug-likeness (QED) is 0.814. The highest BCUT2D eigenvalue weighted by atomic mass is 35.5. The fourth-order valence-electron chi connectivity index (χ4n) is 1.63. The second kappa shape index (κ2) is 7.93. The van der Waals surface area contributed by atoms with Gasteiger partial charge in [0.25, 0.3) is 5.92 Å². The van der Waals surface area contributed by atoms with Gasteiger partial charge in [-0.3, -0.25) is 4.79 Å². The predicted molar refractivity (Wildman–Crippen MR) is 82.2 cm³/mol. The van der Waals surface area contributed by atoms with Gasteiger partial charge in [-0.2, -0.15) is 4.80 Å². The highest BCUT2D eigenvalue weighted by molar-refractivity contribution is 5.85. The second-order valence-electron chi connectivity index (χ2n) is 4.75. The standard InChI is InChI=1S/C13H16F2N6O.ClH/c1-9(12(22)17-8-13(14,15)7-16)21-19-11(18-20-21)10-5-3-2-4-6-10;/h2-6,9H,7-8,16H2,1H3,(H,17,22);1H. The number of benzene rings is 1. The number of halogens is 3. The predicted octanol–water partition coefficient (Wildman–Crippen LogP) is 1.03. The Morgan fingerprint density at radius 2 is 2.04 bits per heavy atom. The van der Waals surface area contributed by atoms with Gasteiger partial charge >= 0.3 is 0 Å². The van der Waals surface area contributed by atoms with Crippen molar-refractivity contribution in [1.82, 2.24) is 25.5 Å². The second-order valence-corrected chi connectivity index (χ2v) is 4.75. The molecule has 1 aromatic heterocycles. The number of alkyl halides is 2. The van der Waals surface area contributed by atoms with Crippen molar-refractivity contribution in [2.75, 3.05) is 13.1 Å². The molecular formula is C13H17ClF2N6O. The van der Waals surface area contributed by atoms with Gasteiger partial charge in [-0.25, -0.2) is 8.78 Å². The number of nitrogens with two attached hydrogens (primary N) is 1. The molecular weight excluding hydrogens is 330 g/mol. The minimum Gasteiger partial charge on any atom is -0.348 e. The van der Waals surface area contributed by atoms with Gasteiger partial charge in [-0.15, -0.1) is 22.6 Å². The maximum atomic E-state index is 13.0. The SMILES string of the molecule is CC(C(=O)NCC(F)(F)CN)n1nnc(-c2ccccc2)n1.Cl. The number of nitrogens with zero attached hydrogens (tertiary/aromatic N) is 4. The minimum atomic E-state index is -3.14. The van der Waals surface area contributed by atoms with Crippen molar-refractivity contribution in [3.8, 4) is 11.4 Å². The third-order valence-electron chi connectivity index (χ3n) is 3.01. The van der Waals surface area contributed by atoms with Gasteiger partial charge in [0.2, 0.25) is 11.7 Å². The Morgan fingerprint density at radius 3 is 2.65 bits per heavy atom. The molecule has 0 fully saturated rings. The number of hydrogen-bond acceptors (Lipinski definition) is 5. The summed E-state index contributed by atoms with van der Waals surface area (Å²) in [4.78, 5) is 12.9. The number of nitrogens with one attached hydrogen (secondary N) is 1. The first-order valence-corrected chi connectivity index (χ1v) is 6.63. The van der Waals surface area contributed by atoms with Crippen LogP contribution in [0.3, 0.4) is 0 Å². The summed E-state index contributed by atoms with van der Waals surface area (Å²) in [6.07, 6.45) is 0. The maximum absolute atomic E-state index is 13.0. The van der Waals surface area contributed by atoms with Crippen LogP contribution in [0.4, 0.5) is 8.78 Å². The van der Waals surface area contributed by atoms with E-state index in [9.17, 15) is 13.6 Å². The van der Waals surface area contributed by atoms with Gasteiger partial charge in [-0.1, -0.05) is 30.3 Å². The van der Waals surface area contributed by atoms with Crippen LogP contribution >= 0.6 is 12.4 Å². The summed E-state index contributed by atoms with van der Waals surface area (Å²) in [7, 11) is 0. The molecule has 2 aromatic rings. The molecule has 7 nitrogen and oxygen atoms in total. The number of carbonyl (C=O) groups excluding carboxylic acids is 1. The van der Waals surface area contributed by atoms with E-state index >= 15 is 0 Å². The Hall–Kier alpha value is -2.13. The van der Waals surface area contributed by atoms with Crippen molar-refractivity contribution >= 4 is 18.3 Å². The first-order valence-electron chi connectivity index (χ1n) is 6.63. The summed E-state index contributed by atoms with van der Waals surface area (Å²) in [5.74, 6) is -3.42. The van der Waals surface area contributed by atoms with Crippen LogP contribution < -0.4 is 11.1 Å². The molecule has 0 aliphatic heterocycles. The van der Waals surface area contributed by atoms with Crippen LogP contribution in [0.5, 0.6) is 0 Å². The molecule has 1 atom stereocenters. The molecule has 0 bridgehead atoms. The van der Waals surface area contributed by atoms with Gasteiger partial charge in [0.1, 0.15) is 6.04 Å². The zero-order valence-electron chi connectivity index (χ0n) is 12.3. The summed E-state index contributed by atoms with van der Waals surface area (Å²) in [5.41, 5.74) is 5.65. The molecule has 0 spiro atoms. The molecule has 0 aliphatic rings. The molecule has 1 amide bonds. The molecule has 0 aliphatic carbocycles. The fraction of sp³-hybridized carbons (Fsp3) is 0.385. The molecule has 0 saturated heterocycles. The van der Waals surface area contributed by atoms with E-state index in [0.717, 1.165) is 10.4 Å². The zero-order chi connectivity index (χ0) is 16.2. The first kappa shape index (κ1) is 18.9. The number of amides is 1. The van der Waals surface area contributed by atoms with Gasteiger partial charge in [0.05, 0.1) is 13.1 Å². The van der Waals surface area contributed by atoms with Crippen LogP contribution in [0.25, 0.3) is 11.4 Å². The molecule has 23 heavy (non-hydrogen) atoms. The molecule has 0 saturated carbocycles. The van der Waals surface area contributed by atoms with Crippen LogP contribution in [0, 0.1) is 0 Å². The van der Waals surface area contributed by atoms with E-state index in [4.69, 9.17) is 5.73 Å². The number of rotatable bonds is 6. The van der Waals surface area contributed by atoms with E-state index in [1.54, 1.807) is 12.1 Å². The van der Waals surface area contributed by atoms with Crippen molar-refractivity contribution in [3.05, 3.63) is 30.3 Å². The topological polar surface area (TPSA) is 98.7 Å². The molecule has 10 heteroatoms. The Kier molecular flexibility index (Phi) is 6.52. The Balaban J connectivity index is 0.00000264. The van der Waals surface area contributed by atoms with Gasteiger partial charge in [0.15, 0.2) is 0 Å². The molecule has 1 aromatic carbocycles. The van der Waals surface area contributed by atoms with Crippen LogP contribution in [0.1, 0.15) is 13.0 Å². The number of hydrogen-bond donors (Lipinski definition) is 2. The molecule has 2 rings (SSSR count). The maximum Gasteiger partial charge on any atom is 0.277 e. The van der Waals surface area contributed by atoms with E-state index in [1.165, 1.54) is 6.92 Å².